The number of unbranched alkanes of at least 4 members (excludes halogenated alkanes) is 41. The van der Waals surface area contributed by atoms with Crippen molar-refractivity contribution in [1.82, 2.24) is 5.32 Å². The topological polar surface area (TPSA) is 149 Å². The summed E-state index contributed by atoms with van der Waals surface area (Å²) in [5.74, 6) is -0.178. The molecule has 1 aliphatic heterocycles. The average Bonchev–Trinajstić information content (AvgIpc) is 0.831. The molecule has 7 unspecified atom stereocenters. The van der Waals surface area contributed by atoms with Gasteiger partial charge in [-0.25, -0.2) is 0 Å². The number of carbonyl (C=O) groups excluding carboxylic acids is 1. The Labute approximate surface area is 579 Å². The predicted molar refractivity (Wildman–Crippen MR) is 405 cm³/mol. The fourth-order valence-electron chi connectivity index (χ4n) is 12.2. The smallest absolute Gasteiger partial charge is 0.220 e. The van der Waals surface area contributed by atoms with E-state index in [0.29, 0.717) is 6.42 Å². The largest absolute Gasteiger partial charge is 0.394 e. The zero-order valence-corrected chi connectivity index (χ0v) is 60.9. The predicted octanol–water partition coefficient (Wildman–Crippen LogP) is 22.9. The monoisotopic (exact) mass is 1310 g/mol. The Morgan fingerprint density at radius 3 is 0.979 bits per heavy atom. The maximum Gasteiger partial charge on any atom is 0.220 e. The molecule has 542 valence electrons. The fraction of sp³-hybridized carbons (Fsp3) is 0.753. The second-order valence-electron chi connectivity index (χ2n) is 27.1. The molecule has 9 heteroatoms. The van der Waals surface area contributed by atoms with Crippen LogP contribution in [-0.4, -0.2) is 87.5 Å². The van der Waals surface area contributed by atoms with E-state index in [-0.39, 0.29) is 12.5 Å². The molecule has 1 rings (SSSR count). The number of ether oxygens (including phenoxy) is 2. The first-order valence-corrected chi connectivity index (χ1v) is 39.8. The molecule has 1 amide bonds. The van der Waals surface area contributed by atoms with Crippen LogP contribution in [0.2, 0.25) is 0 Å². The highest BCUT2D eigenvalue weighted by molar-refractivity contribution is 5.76. The van der Waals surface area contributed by atoms with Gasteiger partial charge in [-0.05, 0) is 89.9 Å². The Hall–Kier alpha value is -3.41. The quantitative estimate of drug-likeness (QED) is 0.0261. The van der Waals surface area contributed by atoms with E-state index in [1.807, 2.05) is 6.08 Å². The molecule has 1 saturated heterocycles. The van der Waals surface area contributed by atoms with Crippen molar-refractivity contribution in [3.05, 3.63) is 122 Å². The Balaban J connectivity index is 2.10. The highest BCUT2D eigenvalue weighted by Gasteiger charge is 2.44. The summed E-state index contributed by atoms with van der Waals surface area (Å²) in [6.45, 7) is 3.70. The third-order valence-corrected chi connectivity index (χ3v) is 18.3. The molecule has 1 aliphatic rings. The SMILES string of the molecule is CC/C=C\C/C=C\C/C=C\C/C=C\C/C=C\C/C=C\C/C=C\C/C=C\C/C=C\CCCCCCCCCCCCCCCC(=O)NC(COC1OC(CO)C(O)C(O)C1O)C(O)/C=C/CCCCCCCCCCCCCCCCCCCCCCCCCCCCCC. The number of aliphatic hydroxyl groups excluding tert-OH is 5. The van der Waals surface area contributed by atoms with Gasteiger partial charge in [0.15, 0.2) is 6.29 Å². The first-order valence-electron chi connectivity index (χ1n) is 39.8. The van der Waals surface area contributed by atoms with Gasteiger partial charge in [0.05, 0.1) is 25.4 Å². The molecule has 9 nitrogen and oxygen atoms in total. The van der Waals surface area contributed by atoms with Crippen LogP contribution in [0.4, 0.5) is 0 Å². The molecule has 1 fully saturated rings. The summed E-state index contributed by atoms with van der Waals surface area (Å²) in [6.07, 6.45) is 102. The van der Waals surface area contributed by atoms with Crippen molar-refractivity contribution < 1.29 is 39.8 Å². The minimum Gasteiger partial charge on any atom is -0.394 e. The number of nitrogens with one attached hydrogen (secondary N) is 1. The fourth-order valence-corrected chi connectivity index (χ4v) is 12.2. The summed E-state index contributed by atoms with van der Waals surface area (Å²) in [5, 5.41) is 54.9. The van der Waals surface area contributed by atoms with Crippen molar-refractivity contribution in [2.75, 3.05) is 13.2 Å². The van der Waals surface area contributed by atoms with Crippen molar-refractivity contribution in [1.29, 1.82) is 0 Å². The van der Waals surface area contributed by atoms with Crippen molar-refractivity contribution in [2.45, 2.75) is 397 Å². The number of carbonyl (C=O) groups is 1. The number of allylic oxidation sites excluding steroid dienone is 19. The van der Waals surface area contributed by atoms with Crippen molar-refractivity contribution in [3.8, 4) is 0 Å². The number of amides is 1. The highest BCUT2D eigenvalue weighted by atomic mass is 16.7. The maximum atomic E-state index is 13.2. The Morgan fingerprint density at radius 1 is 0.372 bits per heavy atom. The van der Waals surface area contributed by atoms with Crippen LogP contribution in [0.5, 0.6) is 0 Å². The van der Waals surface area contributed by atoms with Gasteiger partial charge in [0.25, 0.3) is 0 Å². The standard InChI is InChI=1S/C85H149NO8/c1-3-5-7-9-11-13-15-17-19-21-23-25-27-29-31-33-35-36-37-38-39-40-41-42-43-44-45-47-49-51-53-55-57-59-61-63-65-67-69-71-73-75-81(89)86-78(77-93-85-84(92)83(91)82(90)80(76-87)94-85)79(88)74-72-70-68-66-64-62-60-58-56-54-52-50-48-46-34-32-30-28-26-24-22-20-18-16-14-12-10-8-6-4-2/h5,7,11,13,17,19,23,25,29,31,35-36,38-39,41-42,44-45,72,74,78-80,82-85,87-88,90-92H,3-4,6,8-10,12,14-16,18,20-22,24,26-28,30,32-34,37,40,43,46-71,73,75-77H2,1-2H3,(H,86,89)/b7-5-,13-11-,19-17-,25-23-,31-29-,36-35-,39-38-,42-41-,45-44-,74-72+. The molecule has 0 aromatic rings. The Morgan fingerprint density at radius 2 is 0.660 bits per heavy atom. The van der Waals surface area contributed by atoms with Gasteiger partial charge in [-0.3, -0.25) is 4.79 Å². The van der Waals surface area contributed by atoms with Crippen LogP contribution in [0.1, 0.15) is 354 Å². The molecule has 7 atom stereocenters. The maximum absolute atomic E-state index is 13.2. The zero-order valence-electron chi connectivity index (χ0n) is 60.9. The van der Waals surface area contributed by atoms with Crippen LogP contribution in [0, 0.1) is 0 Å². The van der Waals surface area contributed by atoms with Gasteiger partial charge in [-0.1, -0.05) is 379 Å². The second kappa shape index (κ2) is 72.3. The van der Waals surface area contributed by atoms with Gasteiger partial charge >= 0.3 is 0 Å². The van der Waals surface area contributed by atoms with Crippen LogP contribution in [0.3, 0.4) is 0 Å². The van der Waals surface area contributed by atoms with Gasteiger partial charge < -0.3 is 40.3 Å². The molecule has 0 spiro atoms. The Kier molecular flexibility index (Phi) is 68.2. The van der Waals surface area contributed by atoms with Crippen LogP contribution >= 0.6 is 0 Å². The van der Waals surface area contributed by atoms with E-state index in [2.05, 4.69) is 129 Å². The summed E-state index contributed by atoms with van der Waals surface area (Å²) in [5.41, 5.74) is 0. The third kappa shape index (κ3) is 59.8. The molecule has 1 heterocycles. The number of rotatable bonds is 69. The highest BCUT2D eigenvalue weighted by Crippen LogP contribution is 2.24. The normalized spacial score (nSPS) is 18.2. The van der Waals surface area contributed by atoms with Crippen molar-refractivity contribution in [2.24, 2.45) is 0 Å². The van der Waals surface area contributed by atoms with Crippen LogP contribution < -0.4 is 5.32 Å². The van der Waals surface area contributed by atoms with Gasteiger partial charge in [0.1, 0.15) is 24.4 Å². The summed E-state index contributed by atoms with van der Waals surface area (Å²) < 4.78 is 11.3. The summed E-state index contributed by atoms with van der Waals surface area (Å²) in [4.78, 5) is 13.2. The van der Waals surface area contributed by atoms with E-state index in [4.69, 9.17) is 9.47 Å². The summed E-state index contributed by atoms with van der Waals surface area (Å²) in [6, 6.07) is -0.815. The van der Waals surface area contributed by atoms with Crippen molar-refractivity contribution in [3.63, 3.8) is 0 Å². The first-order chi connectivity index (χ1) is 46.3. The lowest BCUT2D eigenvalue weighted by atomic mass is 9.99. The second-order valence-corrected chi connectivity index (χ2v) is 27.1. The molecule has 0 aromatic carbocycles. The molecule has 6 N–H and O–H groups in total. The summed E-state index contributed by atoms with van der Waals surface area (Å²) >= 11 is 0. The molecule has 0 radical (unpaired) electrons. The number of hydrogen-bond acceptors (Lipinski definition) is 8. The molecular formula is C85H149NO8. The molecule has 0 bridgehead atoms. The minimum atomic E-state index is -1.57. The van der Waals surface area contributed by atoms with Gasteiger partial charge in [0.2, 0.25) is 5.91 Å². The van der Waals surface area contributed by atoms with Crippen LogP contribution in [0.25, 0.3) is 0 Å². The number of aliphatic hydroxyl groups is 5. The van der Waals surface area contributed by atoms with E-state index in [9.17, 15) is 30.3 Å². The van der Waals surface area contributed by atoms with Crippen LogP contribution in [-0.2, 0) is 14.3 Å². The molecular weight excluding hydrogens is 1160 g/mol. The summed E-state index contributed by atoms with van der Waals surface area (Å²) in [7, 11) is 0. The molecule has 94 heavy (non-hydrogen) atoms. The van der Waals surface area contributed by atoms with Crippen LogP contribution in [0.15, 0.2) is 122 Å². The zero-order chi connectivity index (χ0) is 67.8. The molecule has 0 aliphatic carbocycles. The van der Waals surface area contributed by atoms with Gasteiger partial charge in [-0.2, -0.15) is 0 Å². The lowest BCUT2D eigenvalue weighted by Gasteiger charge is -2.40. The van der Waals surface area contributed by atoms with Gasteiger partial charge in [0, 0.05) is 6.42 Å². The average molecular weight is 1310 g/mol. The van der Waals surface area contributed by atoms with E-state index in [0.717, 1.165) is 96.3 Å². The Bertz CT molecular complexity index is 1910. The number of hydrogen-bond donors (Lipinski definition) is 6. The van der Waals surface area contributed by atoms with Gasteiger partial charge in [-0.15, -0.1) is 0 Å². The third-order valence-electron chi connectivity index (χ3n) is 18.3. The molecule has 0 aromatic heterocycles. The first kappa shape index (κ1) is 88.6. The van der Waals surface area contributed by atoms with E-state index < -0.39 is 49.5 Å². The van der Waals surface area contributed by atoms with E-state index in [1.54, 1.807) is 6.08 Å². The van der Waals surface area contributed by atoms with Crippen molar-refractivity contribution >= 4 is 5.91 Å². The lowest BCUT2D eigenvalue weighted by Crippen LogP contribution is -2.60. The molecule has 0 saturated carbocycles. The van der Waals surface area contributed by atoms with E-state index >= 15 is 0 Å². The van der Waals surface area contributed by atoms with E-state index in [1.165, 1.54) is 238 Å². The lowest BCUT2D eigenvalue weighted by molar-refractivity contribution is -0.302. The minimum absolute atomic E-state index is 0.178.